The molecule has 0 radical (unpaired) electrons. The maximum atomic E-state index is 12.9. The van der Waals surface area contributed by atoms with Crippen LogP contribution in [0.2, 0.25) is 0 Å². The molecule has 1 amide bonds. The van der Waals surface area contributed by atoms with Crippen molar-refractivity contribution in [2.45, 2.75) is 69.5 Å². The van der Waals surface area contributed by atoms with Crippen LogP contribution in [0, 0.1) is 5.92 Å². The number of piperidine rings is 1. The predicted molar refractivity (Wildman–Crippen MR) is 106 cm³/mol. The summed E-state index contributed by atoms with van der Waals surface area (Å²) in [7, 11) is 0. The van der Waals surface area contributed by atoms with Crippen LogP contribution >= 0.6 is 0 Å². The van der Waals surface area contributed by atoms with Crippen molar-refractivity contribution in [1.29, 1.82) is 0 Å². The van der Waals surface area contributed by atoms with Gasteiger partial charge in [-0.2, -0.15) is 0 Å². The lowest BCUT2D eigenvalue weighted by Gasteiger charge is -2.36. The summed E-state index contributed by atoms with van der Waals surface area (Å²) in [4.78, 5) is 15.1. The van der Waals surface area contributed by atoms with Gasteiger partial charge < -0.3 is 14.4 Å². The lowest BCUT2D eigenvalue weighted by molar-refractivity contribution is -0.139. The molecular formula is C23H33NO3. The van der Waals surface area contributed by atoms with Gasteiger partial charge in [0, 0.05) is 25.6 Å². The summed E-state index contributed by atoms with van der Waals surface area (Å²) >= 11 is 0. The second kappa shape index (κ2) is 9.20. The van der Waals surface area contributed by atoms with Crippen molar-refractivity contribution in [3.8, 4) is 0 Å². The summed E-state index contributed by atoms with van der Waals surface area (Å²) in [5.41, 5.74) is 1.42. The highest BCUT2D eigenvalue weighted by Crippen LogP contribution is 2.32. The Balaban J connectivity index is 1.18. The Morgan fingerprint density at radius 2 is 1.74 bits per heavy atom. The number of ether oxygens (including phenoxy) is 2. The molecule has 1 saturated carbocycles. The lowest BCUT2D eigenvalue weighted by atomic mass is 9.84. The van der Waals surface area contributed by atoms with Crippen LogP contribution in [0.1, 0.15) is 62.8 Å². The van der Waals surface area contributed by atoms with Crippen molar-refractivity contribution in [1.82, 2.24) is 4.90 Å². The van der Waals surface area contributed by atoms with Gasteiger partial charge in [0.2, 0.25) is 5.91 Å². The third-order valence-electron chi connectivity index (χ3n) is 6.64. The minimum absolute atomic E-state index is 0.209. The Labute approximate surface area is 163 Å². The highest BCUT2D eigenvalue weighted by atomic mass is 16.5. The van der Waals surface area contributed by atoms with Crippen molar-refractivity contribution < 1.29 is 14.3 Å². The molecule has 1 atom stereocenters. The van der Waals surface area contributed by atoms with Crippen LogP contribution in [-0.4, -0.2) is 49.3 Å². The third-order valence-corrected chi connectivity index (χ3v) is 6.64. The van der Waals surface area contributed by atoms with Crippen molar-refractivity contribution in [3.63, 3.8) is 0 Å². The number of hydrogen-bond donors (Lipinski definition) is 0. The van der Waals surface area contributed by atoms with Gasteiger partial charge in [-0.15, -0.1) is 0 Å². The summed E-state index contributed by atoms with van der Waals surface area (Å²) < 4.78 is 11.7. The average molecular weight is 372 g/mol. The fourth-order valence-electron chi connectivity index (χ4n) is 4.91. The van der Waals surface area contributed by atoms with Crippen molar-refractivity contribution in [3.05, 3.63) is 35.9 Å². The molecule has 4 heteroatoms. The van der Waals surface area contributed by atoms with Crippen LogP contribution in [0.25, 0.3) is 0 Å². The number of likely N-dealkylation sites (tertiary alicyclic amines) is 1. The first-order chi connectivity index (χ1) is 13.3. The van der Waals surface area contributed by atoms with E-state index in [9.17, 15) is 4.79 Å². The molecule has 27 heavy (non-hydrogen) atoms. The fraction of sp³-hybridized carbons (Fsp3) is 0.696. The Kier molecular flexibility index (Phi) is 6.46. The maximum Gasteiger partial charge on any atom is 0.225 e. The van der Waals surface area contributed by atoms with Gasteiger partial charge in [0.1, 0.15) is 0 Å². The summed E-state index contributed by atoms with van der Waals surface area (Å²) in [5.74, 6) is 1.21. The van der Waals surface area contributed by atoms with Gasteiger partial charge in [-0.3, -0.25) is 4.79 Å². The average Bonchev–Trinajstić information content (AvgIpc) is 3.27. The molecule has 0 spiro atoms. The monoisotopic (exact) mass is 371 g/mol. The zero-order valence-electron chi connectivity index (χ0n) is 16.4. The van der Waals surface area contributed by atoms with Crippen molar-refractivity contribution in [2.75, 3.05) is 26.3 Å². The first kappa shape index (κ1) is 18.9. The van der Waals surface area contributed by atoms with E-state index in [-0.39, 0.29) is 5.92 Å². The number of carbonyl (C=O) groups excluding carboxylic acids is 1. The van der Waals surface area contributed by atoms with Gasteiger partial charge >= 0.3 is 0 Å². The fourth-order valence-corrected chi connectivity index (χ4v) is 4.91. The molecule has 1 unspecified atom stereocenters. The summed E-state index contributed by atoms with van der Waals surface area (Å²) in [6.07, 6.45) is 9.10. The van der Waals surface area contributed by atoms with Crippen molar-refractivity contribution in [2.24, 2.45) is 5.92 Å². The minimum atomic E-state index is 0.209. The molecule has 0 N–H and O–H groups in total. The quantitative estimate of drug-likeness (QED) is 0.781. The summed E-state index contributed by atoms with van der Waals surface area (Å²) in [5, 5.41) is 0. The van der Waals surface area contributed by atoms with Crippen molar-refractivity contribution >= 4 is 5.91 Å². The van der Waals surface area contributed by atoms with Crippen LogP contribution in [0.4, 0.5) is 0 Å². The first-order valence-corrected chi connectivity index (χ1v) is 10.9. The SMILES string of the molecule is O=C(C1CCC(OCC2CCCO2)CC1)N1CCC(c2ccccc2)CC1. The van der Waals surface area contributed by atoms with Gasteiger partial charge in [-0.05, 0) is 62.8 Å². The van der Waals surface area contributed by atoms with Crippen LogP contribution in [0.15, 0.2) is 30.3 Å². The number of hydrogen-bond acceptors (Lipinski definition) is 3. The molecular weight excluding hydrogens is 338 g/mol. The zero-order chi connectivity index (χ0) is 18.5. The zero-order valence-corrected chi connectivity index (χ0v) is 16.4. The smallest absolute Gasteiger partial charge is 0.225 e. The topological polar surface area (TPSA) is 38.8 Å². The number of benzene rings is 1. The van der Waals surface area contributed by atoms with E-state index in [1.54, 1.807) is 0 Å². The summed E-state index contributed by atoms with van der Waals surface area (Å²) in [6, 6.07) is 10.8. The Hall–Kier alpha value is -1.39. The van der Waals surface area contributed by atoms with E-state index < -0.39 is 0 Å². The second-order valence-corrected chi connectivity index (χ2v) is 8.45. The van der Waals surface area contributed by atoms with Crippen LogP contribution in [0.3, 0.4) is 0 Å². The number of rotatable bonds is 5. The molecule has 2 heterocycles. The van der Waals surface area contributed by atoms with E-state index >= 15 is 0 Å². The third kappa shape index (κ3) is 4.91. The van der Waals surface area contributed by atoms with Gasteiger partial charge in [-0.25, -0.2) is 0 Å². The maximum absolute atomic E-state index is 12.9. The van der Waals surface area contributed by atoms with Gasteiger partial charge in [0.15, 0.2) is 0 Å². The Morgan fingerprint density at radius 1 is 1.00 bits per heavy atom. The molecule has 4 rings (SSSR count). The molecule has 0 bridgehead atoms. The molecule has 2 aliphatic heterocycles. The highest BCUT2D eigenvalue weighted by molar-refractivity contribution is 5.79. The predicted octanol–water partition coefficient (Wildman–Crippen LogP) is 4.15. The molecule has 2 saturated heterocycles. The second-order valence-electron chi connectivity index (χ2n) is 8.45. The van der Waals surface area contributed by atoms with E-state index in [2.05, 4.69) is 35.2 Å². The minimum Gasteiger partial charge on any atom is -0.376 e. The standard InChI is InChI=1S/C23H33NO3/c25-23(24-14-12-19(13-15-24)18-5-2-1-3-6-18)20-8-10-21(11-9-20)27-17-22-7-4-16-26-22/h1-3,5-6,19-22H,4,7-17H2. The largest absolute Gasteiger partial charge is 0.376 e. The molecule has 1 aromatic carbocycles. The normalized spacial score (nSPS) is 29.8. The van der Waals surface area contributed by atoms with E-state index in [0.717, 1.165) is 77.7 Å². The van der Waals surface area contributed by atoms with Crippen LogP contribution in [0.5, 0.6) is 0 Å². The molecule has 1 aromatic rings. The number of nitrogens with zero attached hydrogens (tertiary/aromatic N) is 1. The van der Waals surface area contributed by atoms with E-state index in [1.807, 2.05) is 0 Å². The molecule has 0 aromatic heterocycles. The highest BCUT2D eigenvalue weighted by Gasteiger charge is 2.32. The number of amides is 1. The Morgan fingerprint density at radius 3 is 2.41 bits per heavy atom. The molecule has 3 aliphatic rings. The van der Waals surface area contributed by atoms with Crippen LogP contribution < -0.4 is 0 Å². The molecule has 148 valence electrons. The molecule has 1 aliphatic carbocycles. The molecule has 3 fully saturated rings. The van der Waals surface area contributed by atoms with E-state index in [0.29, 0.717) is 24.0 Å². The Bertz CT molecular complexity index is 583. The van der Waals surface area contributed by atoms with E-state index in [1.165, 1.54) is 5.56 Å². The summed E-state index contributed by atoms with van der Waals surface area (Å²) in [6.45, 7) is 3.44. The van der Waals surface area contributed by atoms with Gasteiger partial charge in [0.05, 0.1) is 18.8 Å². The van der Waals surface area contributed by atoms with Crippen LogP contribution in [-0.2, 0) is 14.3 Å². The molecule has 4 nitrogen and oxygen atoms in total. The van der Waals surface area contributed by atoms with E-state index in [4.69, 9.17) is 9.47 Å². The number of carbonyl (C=O) groups is 1. The van der Waals surface area contributed by atoms with Gasteiger partial charge in [0.25, 0.3) is 0 Å². The van der Waals surface area contributed by atoms with Gasteiger partial charge in [-0.1, -0.05) is 30.3 Å². The lowest BCUT2D eigenvalue weighted by Crippen LogP contribution is -2.42. The first-order valence-electron chi connectivity index (χ1n) is 10.9.